The van der Waals surface area contributed by atoms with E-state index < -0.39 is 17.6 Å². The number of benzene rings is 4. The molecule has 56 heavy (non-hydrogen) atoms. The zero-order chi connectivity index (χ0) is 39.9. The maximum absolute atomic E-state index is 6.04. The highest BCUT2D eigenvalue weighted by Crippen LogP contribution is 2.37. The predicted molar refractivity (Wildman–Crippen MR) is 234 cm³/mol. The summed E-state index contributed by atoms with van der Waals surface area (Å²) in [5, 5.41) is 7.25. The molecule has 4 aromatic carbocycles. The quantitative estimate of drug-likeness (QED) is 0.0334. The fourth-order valence-corrected chi connectivity index (χ4v) is 12.3. The average molecular weight is 799 g/mol. The summed E-state index contributed by atoms with van der Waals surface area (Å²) in [6, 6.07) is 41.1. The lowest BCUT2D eigenvalue weighted by Gasteiger charge is -2.28. The summed E-state index contributed by atoms with van der Waals surface area (Å²) < 4.78 is 36.2. The maximum atomic E-state index is 6.04. The molecule has 4 aromatic rings. The third-order valence-corrected chi connectivity index (χ3v) is 15.7. The summed E-state index contributed by atoms with van der Waals surface area (Å²) in [6.45, 7) is 18.9. The van der Waals surface area contributed by atoms with Crippen LogP contribution in [0, 0.1) is 0 Å². The lowest BCUT2D eigenvalue weighted by Crippen LogP contribution is -2.46. The van der Waals surface area contributed by atoms with Crippen molar-refractivity contribution in [2.75, 3.05) is 52.7 Å². The van der Waals surface area contributed by atoms with Crippen LogP contribution in [0.25, 0.3) is 11.1 Å². The van der Waals surface area contributed by atoms with Gasteiger partial charge in [0.15, 0.2) is 0 Å². The van der Waals surface area contributed by atoms with Gasteiger partial charge in [-0.1, -0.05) is 109 Å². The van der Waals surface area contributed by atoms with Crippen LogP contribution < -0.4 is 10.6 Å². The lowest BCUT2D eigenvalue weighted by molar-refractivity contribution is 0.0700. The van der Waals surface area contributed by atoms with E-state index in [1.807, 2.05) is 41.5 Å². The van der Waals surface area contributed by atoms with Gasteiger partial charge in [0.25, 0.3) is 0 Å². The second kappa shape index (κ2) is 25.2. The standard InChI is InChI=1S/C46H66N2O6Si2/c1-7-49-55(50-8-2,51-9-3)35-19-33-47-37-39-25-29-43(30-26-39)45(41-21-15-13-16-22-41)46(42-23-17-14-18-24-42)44-31-27-40(28-32-44)38-48-34-20-36-56(52-10-4,53-11-5)54-12-6/h13-18,21-32,47-48H,7-12,19-20,33-38H2,1-6H3/b46-45+. The molecule has 0 atom stereocenters. The first-order valence-electron chi connectivity index (χ1n) is 20.7. The molecule has 0 saturated carbocycles. The molecule has 0 bridgehead atoms. The van der Waals surface area contributed by atoms with Gasteiger partial charge in [-0.3, -0.25) is 0 Å². The van der Waals surface area contributed by atoms with Crippen molar-refractivity contribution in [2.24, 2.45) is 0 Å². The number of nitrogens with one attached hydrogen (secondary N) is 2. The summed E-state index contributed by atoms with van der Waals surface area (Å²) in [6.07, 6.45) is 1.86. The molecular weight excluding hydrogens is 733 g/mol. The Morgan fingerprint density at radius 2 is 0.679 bits per heavy atom. The summed E-state index contributed by atoms with van der Waals surface area (Å²) >= 11 is 0. The van der Waals surface area contributed by atoms with Gasteiger partial charge in [-0.15, -0.1) is 0 Å². The average Bonchev–Trinajstić information content (AvgIpc) is 3.21. The Hall–Kier alpha value is -3.27. The fourth-order valence-electron chi connectivity index (χ4n) is 7.03. The van der Waals surface area contributed by atoms with Gasteiger partial charge in [-0.25, -0.2) is 0 Å². The molecule has 10 heteroatoms. The minimum absolute atomic E-state index is 0.601. The Morgan fingerprint density at radius 1 is 0.393 bits per heavy atom. The molecular formula is C46H66N2O6Si2. The minimum Gasteiger partial charge on any atom is -0.374 e. The molecule has 0 aliphatic rings. The number of hydrogen-bond donors (Lipinski definition) is 2. The van der Waals surface area contributed by atoms with Crippen LogP contribution in [0.15, 0.2) is 109 Å². The summed E-state index contributed by atoms with van der Waals surface area (Å²) in [7, 11) is -5.26. The van der Waals surface area contributed by atoms with Crippen LogP contribution in [-0.4, -0.2) is 70.3 Å². The normalized spacial score (nSPS) is 12.5. The van der Waals surface area contributed by atoms with E-state index in [9.17, 15) is 0 Å². The SMILES string of the molecule is CCO[Si](CCCNCc1ccc(/C(=C(\c2ccccc2)c2ccc(CNCCC[Si](OCC)(OCC)OCC)cc2)c2ccccc2)cc1)(OCC)OCC. The molecule has 304 valence electrons. The molecule has 8 nitrogen and oxygen atoms in total. The Morgan fingerprint density at radius 3 is 0.964 bits per heavy atom. The van der Waals surface area contributed by atoms with Crippen molar-refractivity contribution in [1.29, 1.82) is 0 Å². The number of rotatable bonds is 28. The third kappa shape index (κ3) is 14.0. The van der Waals surface area contributed by atoms with Crippen LogP contribution in [0.4, 0.5) is 0 Å². The molecule has 0 spiro atoms. The summed E-state index contributed by atoms with van der Waals surface area (Å²) in [5.41, 5.74) is 9.60. The first-order chi connectivity index (χ1) is 27.5. The van der Waals surface area contributed by atoms with E-state index >= 15 is 0 Å². The van der Waals surface area contributed by atoms with Gasteiger partial charge >= 0.3 is 17.6 Å². The zero-order valence-corrected chi connectivity index (χ0v) is 36.7. The smallest absolute Gasteiger partial charge is 0.374 e. The van der Waals surface area contributed by atoms with Crippen LogP contribution in [0.1, 0.15) is 87.8 Å². The van der Waals surface area contributed by atoms with E-state index in [1.165, 1.54) is 44.5 Å². The summed E-state index contributed by atoms with van der Waals surface area (Å²) in [5.74, 6) is 0. The lowest BCUT2D eigenvalue weighted by atomic mass is 9.85. The molecule has 2 N–H and O–H groups in total. The maximum Gasteiger partial charge on any atom is 0.500 e. The van der Waals surface area contributed by atoms with Crippen LogP contribution in [-0.2, 0) is 39.6 Å². The van der Waals surface area contributed by atoms with E-state index in [4.69, 9.17) is 26.6 Å². The minimum atomic E-state index is -2.63. The molecule has 0 radical (unpaired) electrons. The zero-order valence-electron chi connectivity index (χ0n) is 34.7. The monoisotopic (exact) mass is 798 g/mol. The highest BCUT2D eigenvalue weighted by atomic mass is 28.4. The van der Waals surface area contributed by atoms with Crippen molar-refractivity contribution in [3.8, 4) is 0 Å². The number of hydrogen-bond acceptors (Lipinski definition) is 8. The molecule has 0 saturated heterocycles. The van der Waals surface area contributed by atoms with E-state index in [0.717, 1.165) is 51.1 Å². The predicted octanol–water partition coefficient (Wildman–Crippen LogP) is 9.75. The topological polar surface area (TPSA) is 79.4 Å². The molecule has 0 fully saturated rings. The van der Waals surface area contributed by atoms with Gasteiger partial charge < -0.3 is 37.2 Å². The fraction of sp³-hybridized carbons (Fsp3) is 0.435. The molecule has 0 aliphatic heterocycles. The second-order valence-electron chi connectivity index (χ2n) is 13.4. The van der Waals surface area contributed by atoms with Crippen molar-refractivity contribution in [2.45, 2.75) is 79.6 Å². The first-order valence-corrected chi connectivity index (χ1v) is 24.6. The molecule has 0 aliphatic carbocycles. The van der Waals surface area contributed by atoms with Crippen LogP contribution in [0.3, 0.4) is 0 Å². The molecule has 0 amide bonds. The van der Waals surface area contributed by atoms with Crippen LogP contribution >= 0.6 is 0 Å². The van der Waals surface area contributed by atoms with Crippen LogP contribution in [0.2, 0.25) is 12.1 Å². The molecule has 0 unspecified atom stereocenters. The van der Waals surface area contributed by atoms with E-state index in [0.29, 0.717) is 39.6 Å². The van der Waals surface area contributed by atoms with Gasteiger partial charge in [0, 0.05) is 64.8 Å². The van der Waals surface area contributed by atoms with Crippen LogP contribution in [0.5, 0.6) is 0 Å². The Bertz CT molecular complexity index is 1510. The van der Waals surface area contributed by atoms with Crippen molar-refractivity contribution in [1.82, 2.24) is 10.6 Å². The van der Waals surface area contributed by atoms with Gasteiger partial charge in [0.05, 0.1) is 0 Å². The van der Waals surface area contributed by atoms with Gasteiger partial charge in [0.1, 0.15) is 0 Å². The largest absolute Gasteiger partial charge is 0.500 e. The highest BCUT2D eigenvalue weighted by Gasteiger charge is 2.40. The van der Waals surface area contributed by atoms with E-state index in [1.54, 1.807) is 0 Å². The Balaban J connectivity index is 1.50. The molecule has 0 aromatic heterocycles. The van der Waals surface area contributed by atoms with E-state index in [-0.39, 0.29) is 0 Å². The molecule has 0 heterocycles. The Labute approximate surface area is 339 Å². The van der Waals surface area contributed by atoms with Crippen molar-refractivity contribution in [3.63, 3.8) is 0 Å². The second-order valence-corrected chi connectivity index (χ2v) is 18.9. The molecule has 4 rings (SSSR count). The van der Waals surface area contributed by atoms with Crippen molar-refractivity contribution >= 4 is 28.8 Å². The van der Waals surface area contributed by atoms with Gasteiger partial charge in [-0.2, -0.15) is 0 Å². The van der Waals surface area contributed by atoms with Gasteiger partial charge in [0.2, 0.25) is 0 Å². The third-order valence-electron chi connectivity index (χ3n) is 9.38. The van der Waals surface area contributed by atoms with Crippen molar-refractivity contribution in [3.05, 3.63) is 143 Å². The van der Waals surface area contributed by atoms with Crippen molar-refractivity contribution < 1.29 is 26.6 Å². The first kappa shape index (κ1) is 45.4. The van der Waals surface area contributed by atoms with Gasteiger partial charge in [-0.05, 0) is 112 Å². The van der Waals surface area contributed by atoms with E-state index in [2.05, 4.69) is 120 Å². The Kier molecular flexibility index (Phi) is 20.4. The summed E-state index contributed by atoms with van der Waals surface area (Å²) in [4.78, 5) is 0. The highest BCUT2D eigenvalue weighted by molar-refractivity contribution is 6.61.